The quantitative estimate of drug-likeness (QED) is 0.0440. The SMILES string of the molecule is C1CCOC1.CC.CC[C@H](C)[C@H]1NC(=O)[C@@H](NC(=O)[C@@H](CC(C)C)N(C)C)[C@@H](C)OC(=O)[C@H](Cc2ccc(OC)cc2)N(C)C(=O)[C@@H]2CCCN2C(=O)[C@H](CC(C)C)NC(=O)[C@H](C(C)C)NC(=O)C[C@@H]1O.CC[C@H](C)[C@H]1NC(=O)[C@@H](NC(=O)[C@@H](CC(C)C)N(C)C)[C@@H](C)OC(=O)[C@H](Cc2ccc(OC)cc2)N(C)C(=O)[C@@H]2CCCN2C(=O)[C@H](CC(C)C)NC(=O)[C@H](C(C)C)NC(=O)C[C@@H]1O. The third-order valence-corrected chi connectivity index (χ3v) is 25.7. The van der Waals surface area contributed by atoms with Crippen LogP contribution in [0.5, 0.6) is 11.5 Å². The molecule has 0 unspecified atom stereocenters. The largest absolute Gasteiger partial charge is 0.497 e. The minimum Gasteiger partial charge on any atom is -0.497 e. The van der Waals surface area contributed by atoms with E-state index in [1.54, 1.807) is 128 Å². The fourth-order valence-electron chi connectivity index (χ4n) is 17.3. The van der Waals surface area contributed by atoms with Gasteiger partial charge in [0.05, 0.1) is 63.4 Å². The van der Waals surface area contributed by atoms with Crippen molar-refractivity contribution in [1.29, 1.82) is 0 Å². The monoisotopic (exact) mass is 1900 g/mol. The van der Waals surface area contributed by atoms with Crippen LogP contribution in [0.2, 0.25) is 0 Å². The molecule has 7 rings (SSSR count). The Kier molecular flexibility index (Phi) is 50.2. The molecule has 5 heterocycles. The molecule has 5 fully saturated rings. The molecule has 0 aromatic heterocycles. The van der Waals surface area contributed by atoms with E-state index in [1.165, 1.54) is 74.6 Å². The fraction of sp³-hybridized carbons (Fsp3) is 0.740. The van der Waals surface area contributed by atoms with Gasteiger partial charge in [0.25, 0.3) is 0 Å². The van der Waals surface area contributed by atoms with E-state index in [9.17, 15) is 77.3 Å². The van der Waals surface area contributed by atoms with Crippen LogP contribution in [0.4, 0.5) is 0 Å². The summed E-state index contributed by atoms with van der Waals surface area (Å²) in [4.78, 5) is 209. The maximum atomic E-state index is 14.7. The number of carbonyl (C=O) groups is 14. The van der Waals surface area contributed by atoms with Gasteiger partial charge in [0.1, 0.15) is 84.1 Å². The van der Waals surface area contributed by atoms with E-state index in [2.05, 4.69) is 42.5 Å². The van der Waals surface area contributed by atoms with Crippen molar-refractivity contribution in [2.24, 2.45) is 47.3 Å². The number of carbonyl (C=O) groups excluding carboxylic acids is 14. The highest BCUT2D eigenvalue weighted by Gasteiger charge is 2.48. The molecular formula is C100H168N14O21. The predicted molar refractivity (Wildman–Crippen MR) is 517 cm³/mol. The third-order valence-electron chi connectivity index (χ3n) is 25.7. The van der Waals surface area contributed by atoms with E-state index in [0.29, 0.717) is 74.0 Å². The highest BCUT2D eigenvalue weighted by Crippen LogP contribution is 2.30. The molecule has 135 heavy (non-hydrogen) atoms. The van der Waals surface area contributed by atoms with Crippen LogP contribution in [0.25, 0.3) is 0 Å². The maximum absolute atomic E-state index is 14.7. The van der Waals surface area contributed by atoms with Gasteiger partial charge < -0.3 is 96.0 Å². The van der Waals surface area contributed by atoms with Gasteiger partial charge in [0.15, 0.2) is 0 Å². The second kappa shape index (κ2) is 57.6. The van der Waals surface area contributed by atoms with Gasteiger partial charge in [-0.1, -0.05) is 162 Å². The number of rotatable bonds is 26. The smallest absolute Gasteiger partial charge is 0.329 e. The van der Waals surface area contributed by atoms with E-state index >= 15 is 0 Å². The van der Waals surface area contributed by atoms with E-state index in [-0.39, 0.29) is 74.3 Å². The van der Waals surface area contributed by atoms with Crippen molar-refractivity contribution >= 4 is 82.8 Å². The normalized spacial score (nSPS) is 26.6. The van der Waals surface area contributed by atoms with Crippen LogP contribution in [-0.2, 0) is 94.2 Å². The van der Waals surface area contributed by atoms with Gasteiger partial charge in [-0.25, -0.2) is 9.59 Å². The summed E-state index contributed by atoms with van der Waals surface area (Å²) in [6.45, 7) is 39.3. The van der Waals surface area contributed by atoms with Crippen molar-refractivity contribution in [3.05, 3.63) is 59.7 Å². The maximum Gasteiger partial charge on any atom is 0.329 e. The molecule has 764 valence electrons. The second-order valence-electron chi connectivity index (χ2n) is 39.6. The molecule has 5 aliphatic rings. The summed E-state index contributed by atoms with van der Waals surface area (Å²) in [5.41, 5.74) is 1.33. The van der Waals surface area contributed by atoms with E-state index in [0.717, 1.165) is 13.2 Å². The molecule has 0 bridgehead atoms. The summed E-state index contributed by atoms with van der Waals surface area (Å²) in [7, 11) is 13.0. The minimum atomic E-state index is -1.48. The number of fused-ring (bicyclic) bond motifs is 2. The van der Waals surface area contributed by atoms with Crippen LogP contribution in [0, 0.1) is 47.3 Å². The van der Waals surface area contributed by atoms with E-state index < -0.39 is 217 Å². The van der Waals surface area contributed by atoms with Crippen molar-refractivity contribution < 1.29 is 101 Å². The summed E-state index contributed by atoms with van der Waals surface area (Å²) in [6.07, 6.45) is 0.0344. The average Bonchev–Trinajstić information content (AvgIpc) is 1.71. The summed E-state index contributed by atoms with van der Waals surface area (Å²) in [6, 6.07) is -1.06. The van der Waals surface area contributed by atoms with Gasteiger partial charge in [-0.3, -0.25) is 67.3 Å². The Morgan fingerprint density at radius 3 is 1.06 bits per heavy atom. The van der Waals surface area contributed by atoms with Crippen LogP contribution >= 0.6 is 0 Å². The molecule has 35 nitrogen and oxygen atoms in total. The first kappa shape index (κ1) is 118. The first-order valence-corrected chi connectivity index (χ1v) is 49.0. The lowest BCUT2D eigenvalue weighted by Gasteiger charge is -2.35. The number of cyclic esters (lactones) is 2. The number of hydrogen-bond acceptors (Lipinski definition) is 23. The first-order chi connectivity index (χ1) is 63.5. The number of likely N-dealkylation sites (N-methyl/N-ethyl adjacent to an activating group) is 4. The van der Waals surface area contributed by atoms with Gasteiger partial charge in [0.2, 0.25) is 70.9 Å². The second-order valence-corrected chi connectivity index (χ2v) is 39.6. The average molecular weight is 1900 g/mol. The lowest BCUT2D eigenvalue weighted by molar-refractivity contribution is -0.162. The minimum absolute atomic E-state index is 0.00923. The predicted octanol–water partition coefficient (Wildman–Crippen LogP) is 6.65. The highest BCUT2D eigenvalue weighted by molar-refractivity contribution is 5.98. The van der Waals surface area contributed by atoms with E-state index in [4.69, 9.17) is 23.7 Å². The number of aliphatic hydroxyl groups excluding tert-OH is 2. The zero-order valence-electron chi connectivity index (χ0n) is 86.1. The lowest BCUT2D eigenvalue weighted by Crippen LogP contribution is -2.61. The molecule has 5 saturated heterocycles. The molecule has 0 aliphatic carbocycles. The number of aliphatic hydroxyl groups is 2. The molecule has 12 amide bonds. The number of amides is 12. The summed E-state index contributed by atoms with van der Waals surface area (Å²) < 4.78 is 27.8. The van der Waals surface area contributed by atoms with Crippen LogP contribution < -0.4 is 52.0 Å². The fourth-order valence-corrected chi connectivity index (χ4v) is 17.3. The molecule has 2 aromatic rings. The molecule has 0 spiro atoms. The van der Waals surface area contributed by atoms with Crippen molar-refractivity contribution in [3.8, 4) is 11.5 Å². The van der Waals surface area contributed by atoms with Crippen molar-refractivity contribution in [2.45, 2.75) is 350 Å². The number of benzene rings is 2. The van der Waals surface area contributed by atoms with Gasteiger partial charge in [-0.05, 0) is 189 Å². The van der Waals surface area contributed by atoms with Crippen LogP contribution in [0.15, 0.2) is 48.5 Å². The van der Waals surface area contributed by atoms with Gasteiger partial charge in [0, 0.05) is 53.2 Å². The number of nitrogens with zero attached hydrogens (tertiary/aromatic N) is 6. The number of hydrogen-bond donors (Lipinski definition) is 10. The zero-order valence-corrected chi connectivity index (χ0v) is 86.1. The van der Waals surface area contributed by atoms with Crippen molar-refractivity contribution in [2.75, 3.05) is 82.8 Å². The molecule has 35 heteroatoms. The van der Waals surface area contributed by atoms with Crippen molar-refractivity contribution in [3.63, 3.8) is 0 Å². The molecule has 5 aliphatic heterocycles. The Bertz CT molecular complexity index is 3850. The van der Waals surface area contributed by atoms with Gasteiger partial charge in [-0.2, -0.15) is 0 Å². The Labute approximate surface area is 803 Å². The van der Waals surface area contributed by atoms with E-state index in [1.807, 2.05) is 83.1 Å². The number of esters is 2. The van der Waals surface area contributed by atoms with Gasteiger partial charge >= 0.3 is 11.9 Å². The van der Waals surface area contributed by atoms with Crippen LogP contribution in [0.1, 0.15) is 239 Å². The summed E-state index contributed by atoms with van der Waals surface area (Å²) >= 11 is 0. The molecule has 0 saturated carbocycles. The number of nitrogens with one attached hydrogen (secondary N) is 8. The Balaban J connectivity index is 0.000000526. The van der Waals surface area contributed by atoms with Crippen LogP contribution in [0.3, 0.4) is 0 Å². The third kappa shape index (κ3) is 36.1. The molecular weight excluding hydrogens is 1730 g/mol. The lowest BCUT2D eigenvalue weighted by atomic mass is 9.91. The first-order valence-electron chi connectivity index (χ1n) is 49.0. The van der Waals surface area contributed by atoms with Gasteiger partial charge in [-0.15, -0.1) is 0 Å². The van der Waals surface area contributed by atoms with Crippen LogP contribution in [-0.4, -0.2) is 314 Å². The Morgan fingerprint density at radius 1 is 0.467 bits per heavy atom. The molecule has 20 atom stereocenters. The molecule has 0 radical (unpaired) electrons. The zero-order chi connectivity index (χ0) is 102. The molecule has 10 N–H and O–H groups in total. The summed E-state index contributed by atoms with van der Waals surface area (Å²) in [5.74, 6) is -9.02. The topological polar surface area (TPSA) is 441 Å². The highest BCUT2D eigenvalue weighted by atomic mass is 16.6. The standard InChI is InChI=1S/2C47H77N7O10.C4H8O.C2H6/c2*1-14-29(8)40-37(55)25-38(56)49-39(28(6)7)43(58)48-33(22-26(2)3)45(60)54-21-15-16-34(54)46(61)53(12)36(24-31-17-19-32(63-13)20-18-31)47(62)64-30(9)41(44(59)50-40)51-42(57)35(52(10)11)23-27(4)5;1-2-4-5-3-1;1-2/h2*17-20,26-30,33-37,39-41,55H,14-16,21-25H2,1-13H3,(H,48,58)(H,49,56)(H,50,59)(H,51,57);1-4H2;1-2H3/t2*29-,30+,33-,34-,35+,36-,37-,39-,40+,41-;;/m00../s1. The summed E-state index contributed by atoms with van der Waals surface area (Å²) in [5, 5.41) is 45.9. The number of ether oxygens (including phenoxy) is 5. The van der Waals surface area contributed by atoms with Crippen molar-refractivity contribution in [1.82, 2.24) is 71.9 Å². The Morgan fingerprint density at radius 2 is 0.793 bits per heavy atom. The Hall–Kier alpha value is -9.58. The molecule has 2 aromatic carbocycles. The number of methoxy groups -OCH3 is 2.